The molecule has 74 valence electrons. The molecule has 1 aromatic carbocycles. The predicted molar refractivity (Wildman–Crippen MR) is 56.9 cm³/mol. The van der Waals surface area contributed by atoms with E-state index in [9.17, 15) is 0 Å². The maximum Gasteiger partial charge on any atom is 0.0876 e. The molecule has 0 amide bonds. The van der Waals surface area contributed by atoms with E-state index in [1.165, 1.54) is 5.56 Å². The van der Waals surface area contributed by atoms with Crippen molar-refractivity contribution >= 4 is 5.71 Å². The molecule has 0 saturated heterocycles. The fourth-order valence-electron chi connectivity index (χ4n) is 2.17. The highest BCUT2D eigenvalue weighted by Gasteiger charge is 2.29. The van der Waals surface area contributed by atoms with Gasteiger partial charge in [-0.3, -0.25) is 0 Å². The summed E-state index contributed by atoms with van der Waals surface area (Å²) in [4.78, 5) is 0. The molecule has 1 N–H and O–H groups in total. The van der Waals surface area contributed by atoms with Crippen molar-refractivity contribution in [2.75, 3.05) is 0 Å². The van der Waals surface area contributed by atoms with Crippen molar-refractivity contribution in [3.05, 3.63) is 35.4 Å². The first kappa shape index (κ1) is 9.25. The summed E-state index contributed by atoms with van der Waals surface area (Å²) in [5.74, 6) is 0. The monoisotopic (exact) mass is 189 g/mol. The number of hydrogen-bond acceptors (Lipinski definition) is 2. The molecule has 14 heavy (non-hydrogen) atoms. The maximum absolute atomic E-state index is 8.96. The Hall–Kier alpha value is -1.31. The minimum atomic E-state index is 0.204. The van der Waals surface area contributed by atoms with E-state index in [2.05, 4.69) is 25.1 Å². The molecule has 2 nitrogen and oxygen atoms in total. The summed E-state index contributed by atoms with van der Waals surface area (Å²) in [5.41, 5.74) is 3.42. The van der Waals surface area contributed by atoms with Crippen molar-refractivity contribution in [1.82, 2.24) is 0 Å². The van der Waals surface area contributed by atoms with Crippen LogP contribution >= 0.6 is 0 Å². The van der Waals surface area contributed by atoms with Gasteiger partial charge in [-0.25, -0.2) is 0 Å². The quantitative estimate of drug-likeness (QED) is 0.494. The van der Waals surface area contributed by atoms with Crippen LogP contribution in [0.5, 0.6) is 0 Å². The standard InChI is InChI=1S/C12H15NO/c1-12(2)7-9-5-3-4-6-10(9)11(8-12)13-14/h3-6,14H,7-8H2,1-2H3. The fourth-order valence-corrected chi connectivity index (χ4v) is 2.17. The van der Waals surface area contributed by atoms with Crippen molar-refractivity contribution in [2.45, 2.75) is 26.7 Å². The summed E-state index contributed by atoms with van der Waals surface area (Å²) in [6, 6.07) is 8.17. The van der Waals surface area contributed by atoms with E-state index < -0.39 is 0 Å². The Bertz CT molecular complexity index is 380. The van der Waals surface area contributed by atoms with E-state index in [4.69, 9.17) is 5.21 Å². The molecule has 0 saturated carbocycles. The Morgan fingerprint density at radius 1 is 1.21 bits per heavy atom. The molecular formula is C12H15NO. The molecule has 0 spiro atoms. The van der Waals surface area contributed by atoms with Gasteiger partial charge in [-0.05, 0) is 23.8 Å². The highest BCUT2D eigenvalue weighted by molar-refractivity contribution is 6.02. The third-order valence-corrected chi connectivity index (χ3v) is 2.76. The van der Waals surface area contributed by atoms with Crippen molar-refractivity contribution in [1.29, 1.82) is 0 Å². The first-order valence-corrected chi connectivity index (χ1v) is 4.92. The molecule has 0 unspecified atom stereocenters. The van der Waals surface area contributed by atoms with Gasteiger partial charge in [-0.1, -0.05) is 43.3 Å². The van der Waals surface area contributed by atoms with Crippen LogP contribution in [-0.4, -0.2) is 10.9 Å². The van der Waals surface area contributed by atoms with E-state index in [-0.39, 0.29) is 5.41 Å². The molecule has 1 aliphatic rings. The average molecular weight is 189 g/mol. The highest BCUT2D eigenvalue weighted by Crippen LogP contribution is 2.34. The first-order valence-electron chi connectivity index (χ1n) is 4.92. The molecule has 1 aliphatic carbocycles. The van der Waals surface area contributed by atoms with Crippen LogP contribution < -0.4 is 0 Å². The highest BCUT2D eigenvalue weighted by atomic mass is 16.4. The summed E-state index contributed by atoms with van der Waals surface area (Å²) in [6.07, 6.45) is 1.91. The lowest BCUT2D eigenvalue weighted by Gasteiger charge is -2.31. The number of benzene rings is 1. The first-order chi connectivity index (χ1) is 6.62. The van der Waals surface area contributed by atoms with E-state index in [0.29, 0.717) is 0 Å². The molecule has 0 bridgehead atoms. The summed E-state index contributed by atoms with van der Waals surface area (Å²) in [7, 11) is 0. The second-order valence-electron chi connectivity index (χ2n) is 4.72. The number of fused-ring (bicyclic) bond motifs is 1. The number of oxime groups is 1. The van der Waals surface area contributed by atoms with Crippen molar-refractivity contribution in [3.63, 3.8) is 0 Å². The SMILES string of the molecule is CC1(C)CC(=NO)c2ccccc2C1. The largest absolute Gasteiger partial charge is 0.411 e. The van der Waals surface area contributed by atoms with Gasteiger partial charge < -0.3 is 5.21 Å². The molecule has 1 aromatic rings. The van der Waals surface area contributed by atoms with Crippen LogP contribution in [0.25, 0.3) is 0 Å². The summed E-state index contributed by atoms with van der Waals surface area (Å²) < 4.78 is 0. The van der Waals surface area contributed by atoms with Crippen LogP contribution in [0, 0.1) is 5.41 Å². The van der Waals surface area contributed by atoms with E-state index in [1.807, 2.05) is 18.2 Å². The van der Waals surface area contributed by atoms with Gasteiger partial charge in [0.2, 0.25) is 0 Å². The van der Waals surface area contributed by atoms with Gasteiger partial charge >= 0.3 is 0 Å². The second-order valence-corrected chi connectivity index (χ2v) is 4.72. The smallest absolute Gasteiger partial charge is 0.0876 e. The fraction of sp³-hybridized carbons (Fsp3) is 0.417. The van der Waals surface area contributed by atoms with Crippen molar-refractivity contribution < 1.29 is 5.21 Å². The van der Waals surface area contributed by atoms with Crippen LogP contribution in [-0.2, 0) is 6.42 Å². The Kier molecular flexibility index (Phi) is 2.06. The number of rotatable bonds is 0. The molecule has 0 aromatic heterocycles. The molecule has 2 rings (SSSR count). The van der Waals surface area contributed by atoms with Crippen molar-refractivity contribution in [2.24, 2.45) is 10.6 Å². The zero-order valence-electron chi connectivity index (χ0n) is 8.62. The lowest BCUT2D eigenvalue weighted by Crippen LogP contribution is -2.27. The molecule has 2 heteroatoms. The summed E-state index contributed by atoms with van der Waals surface area (Å²) in [5, 5.41) is 12.4. The van der Waals surface area contributed by atoms with E-state index >= 15 is 0 Å². The summed E-state index contributed by atoms with van der Waals surface area (Å²) >= 11 is 0. The van der Waals surface area contributed by atoms with Gasteiger partial charge in [-0.15, -0.1) is 0 Å². The molecule has 0 atom stereocenters. The predicted octanol–water partition coefficient (Wildman–Crippen LogP) is 2.84. The Morgan fingerprint density at radius 2 is 1.93 bits per heavy atom. The Balaban J connectivity index is 2.52. The molecule has 0 heterocycles. The van der Waals surface area contributed by atoms with E-state index in [0.717, 1.165) is 24.1 Å². The lowest BCUT2D eigenvalue weighted by atomic mass is 9.73. The normalized spacial score (nSPS) is 22.0. The van der Waals surface area contributed by atoms with Crippen LogP contribution in [0.2, 0.25) is 0 Å². The average Bonchev–Trinajstić information content (AvgIpc) is 2.15. The van der Waals surface area contributed by atoms with Crippen LogP contribution in [0.1, 0.15) is 31.4 Å². The minimum Gasteiger partial charge on any atom is -0.411 e. The van der Waals surface area contributed by atoms with Gasteiger partial charge in [0.15, 0.2) is 0 Å². The zero-order valence-corrected chi connectivity index (χ0v) is 8.62. The van der Waals surface area contributed by atoms with Crippen molar-refractivity contribution in [3.8, 4) is 0 Å². The van der Waals surface area contributed by atoms with Gasteiger partial charge in [0.25, 0.3) is 0 Å². The number of nitrogens with zero attached hydrogens (tertiary/aromatic N) is 1. The Morgan fingerprint density at radius 3 is 2.64 bits per heavy atom. The van der Waals surface area contributed by atoms with Crippen LogP contribution in [0.3, 0.4) is 0 Å². The Labute approximate surface area is 84.3 Å². The van der Waals surface area contributed by atoms with Crippen LogP contribution in [0.15, 0.2) is 29.4 Å². The zero-order chi connectivity index (χ0) is 10.2. The number of hydrogen-bond donors (Lipinski definition) is 1. The molecular weight excluding hydrogens is 174 g/mol. The lowest BCUT2D eigenvalue weighted by molar-refractivity contribution is 0.306. The van der Waals surface area contributed by atoms with Gasteiger partial charge in [-0.2, -0.15) is 0 Å². The van der Waals surface area contributed by atoms with Gasteiger partial charge in [0, 0.05) is 5.56 Å². The van der Waals surface area contributed by atoms with E-state index in [1.54, 1.807) is 0 Å². The van der Waals surface area contributed by atoms with Gasteiger partial charge in [0.1, 0.15) is 0 Å². The second kappa shape index (κ2) is 3.12. The van der Waals surface area contributed by atoms with Crippen LogP contribution in [0.4, 0.5) is 0 Å². The maximum atomic E-state index is 8.96. The minimum absolute atomic E-state index is 0.204. The molecule has 0 radical (unpaired) electrons. The molecule has 0 fully saturated rings. The summed E-state index contributed by atoms with van der Waals surface area (Å²) in [6.45, 7) is 4.40. The third kappa shape index (κ3) is 1.52. The van der Waals surface area contributed by atoms with Gasteiger partial charge in [0.05, 0.1) is 5.71 Å². The molecule has 0 aliphatic heterocycles. The topological polar surface area (TPSA) is 32.6 Å². The third-order valence-electron chi connectivity index (χ3n) is 2.76.